The smallest absolute Gasteiger partial charge is 0.227 e. The first kappa shape index (κ1) is 15.4. The molecular weight excluding hydrogens is 352 g/mol. The van der Waals surface area contributed by atoms with E-state index in [1.54, 1.807) is 0 Å². The highest BCUT2D eigenvalue weighted by molar-refractivity contribution is 9.10. The Kier molecular flexibility index (Phi) is 4.80. The quantitative estimate of drug-likeness (QED) is 0.772. The molecule has 0 bridgehead atoms. The van der Waals surface area contributed by atoms with Crippen LogP contribution in [0.15, 0.2) is 16.6 Å². The number of rotatable bonds is 3. The van der Waals surface area contributed by atoms with E-state index in [1.165, 1.54) is 17.9 Å². The molecule has 0 saturated carbocycles. The Morgan fingerprint density at radius 1 is 1.50 bits per heavy atom. The Labute approximate surface area is 127 Å². The number of thioether (sulfide) groups is 1. The largest absolute Gasteiger partial charge is 0.309 e. The molecule has 0 aliphatic carbocycles. The van der Waals surface area contributed by atoms with E-state index in [0.29, 0.717) is 12.3 Å². The highest BCUT2D eigenvalue weighted by Crippen LogP contribution is 2.33. The van der Waals surface area contributed by atoms with Gasteiger partial charge in [-0.2, -0.15) is 0 Å². The maximum absolute atomic E-state index is 14.0. The van der Waals surface area contributed by atoms with Gasteiger partial charge in [0.2, 0.25) is 5.91 Å². The van der Waals surface area contributed by atoms with E-state index in [2.05, 4.69) is 15.9 Å². The molecule has 3 nitrogen and oxygen atoms in total. The number of carbonyl (C=O) groups excluding carboxylic acids is 2. The van der Waals surface area contributed by atoms with Crippen LogP contribution in [0.5, 0.6) is 0 Å². The van der Waals surface area contributed by atoms with Gasteiger partial charge in [0.1, 0.15) is 5.82 Å². The third kappa shape index (κ3) is 3.20. The van der Waals surface area contributed by atoms with Gasteiger partial charge in [0, 0.05) is 25.6 Å². The summed E-state index contributed by atoms with van der Waals surface area (Å²) in [5.41, 5.74) is 0.0681. The van der Waals surface area contributed by atoms with Gasteiger partial charge in [-0.25, -0.2) is 8.78 Å². The molecule has 1 aliphatic heterocycles. The average molecular weight is 364 g/mol. The number of carbonyl (C=O) groups is 2. The highest BCUT2D eigenvalue weighted by Gasteiger charge is 2.32. The van der Waals surface area contributed by atoms with E-state index in [1.807, 2.05) is 0 Å². The highest BCUT2D eigenvalue weighted by atomic mass is 79.9. The minimum atomic E-state index is -0.779. The molecule has 1 aliphatic rings. The number of benzene rings is 1. The summed E-state index contributed by atoms with van der Waals surface area (Å²) in [6, 6.07) is 2.38. The molecule has 1 unspecified atom stereocenters. The maximum Gasteiger partial charge on any atom is 0.227 e. The first-order valence-corrected chi connectivity index (χ1v) is 7.75. The molecule has 1 aromatic carbocycles. The van der Waals surface area contributed by atoms with Crippen molar-refractivity contribution in [2.45, 2.75) is 13.3 Å². The third-order valence-corrected chi connectivity index (χ3v) is 4.80. The summed E-state index contributed by atoms with van der Waals surface area (Å²) < 4.78 is 26.9. The monoisotopic (exact) mass is 363 g/mol. The van der Waals surface area contributed by atoms with Crippen LogP contribution >= 0.6 is 27.7 Å². The summed E-state index contributed by atoms with van der Waals surface area (Å²) >= 11 is 3.98. The summed E-state index contributed by atoms with van der Waals surface area (Å²) in [5, 5.41) is -0.00777. The number of hydrogen-bond acceptors (Lipinski definition) is 3. The second-order valence-corrected chi connectivity index (χ2v) is 6.56. The van der Waals surface area contributed by atoms with Crippen LogP contribution < -0.4 is 4.90 Å². The van der Waals surface area contributed by atoms with Crippen molar-refractivity contribution in [3.8, 4) is 0 Å². The van der Waals surface area contributed by atoms with Crippen molar-refractivity contribution >= 4 is 44.4 Å². The fraction of sp³-hybridized carbons (Fsp3) is 0.385. The topological polar surface area (TPSA) is 37.4 Å². The van der Waals surface area contributed by atoms with Crippen LogP contribution in [0.1, 0.15) is 13.3 Å². The molecule has 7 heteroatoms. The second kappa shape index (κ2) is 6.22. The Balaban J connectivity index is 2.16. The molecule has 2 rings (SSSR count). The van der Waals surface area contributed by atoms with Crippen molar-refractivity contribution in [1.82, 2.24) is 0 Å². The van der Waals surface area contributed by atoms with E-state index in [4.69, 9.17) is 0 Å². The van der Waals surface area contributed by atoms with Gasteiger partial charge < -0.3 is 4.90 Å². The van der Waals surface area contributed by atoms with E-state index in [-0.39, 0.29) is 33.5 Å². The van der Waals surface area contributed by atoms with Gasteiger partial charge in [-0.05, 0) is 34.0 Å². The molecule has 1 aromatic rings. The van der Waals surface area contributed by atoms with Gasteiger partial charge in [-0.3, -0.25) is 9.59 Å². The van der Waals surface area contributed by atoms with Crippen molar-refractivity contribution in [1.29, 1.82) is 0 Å². The first-order valence-electron chi connectivity index (χ1n) is 5.97. The zero-order valence-electron chi connectivity index (χ0n) is 10.7. The molecule has 20 heavy (non-hydrogen) atoms. The predicted octanol–water partition coefficient (Wildman–Crippen LogP) is 3.36. The van der Waals surface area contributed by atoms with Crippen LogP contribution in [0.3, 0.4) is 0 Å². The molecule has 108 valence electrons. The molecule has 0 radical (unpaired) electrons. The lowest BCUT2D eigenvalue weighted by molar-refractivity contribution is -0.117. The van der Waals surface area contributed by atoms with Crippen molar-refractivity contribution in [2.24, 2.45) is 5.92 Å². The zero-order chi connectivity index (χ0) is 14.9. The molecule has 1 saturated heterocycles. The normalized spacial score (nSPS) is 18.7. The fourth-order valence-electron chi connectivity index (χ4n) is 2.09. The molecule has 0 aromatic heterocycles. The van der Waals surface area contributed by atoms with Crippen molar-refractivity contribution in [3.05, 3.63) is 28.2 Å². The number of hydrogen-bond donors (Lipinski definition) is 0. The Morgan fingerprint density at radius 3 is 2.85 bits per heavy atom. The zero-order valence-corrected chi connectivity index (χ0v) is 13.1. The van der Waals surface area contributed by atoms with E-state index < -0.39 is 11.6 Å². The minimum absolute atomic E-state index is 0.000344. The lowest BCUT2D eigenvalue weighted by atomic mass is 10.1. The van der Waals surface area contributed by atoms with Crippen molar-refractivity contribution in [2.75, 3.05) is 17.2 Å². The summed E-state index contributed by atoms with van der Waals surface area (Å²) in [4.78, 5) is 24.2. The standard InChI is InChI=1S/C13H12BrF2NO2S/c1-7(18)20-6-8-4-11(19)17(5-8)10-3-2-9(15)12(14)13(10)16/h2-3,8H,4-6H2,1H3. The lowest BCUT2D eigenvalue weighted by Gasteiger charge is -2.18. The Hall–Kier alpha value is -0.950. The van der Waals surface area contributed by atoms with E-state index in [9.17, 15) is 18.4 Å². The molecule has 1 atom stereocenters. The third-order valence-electron chi connectivity index (χ3n) is 3.03. The van der Waals surface area contributed by atoms with Crippen molar-refractivity contribution < 1.29 is 18.4 Å². The fourth-order valence-corrected chi connectivity index (χ4v) is 3.11. The molecule has 1 amide bonds. The average Bonchev–Trinajstić information content (AvgIpc) is 2.75. The summed E-state index contributed by atoms with van der Waals surface area (Å²) in [6.45, 7) is 1.81. The van der Waals surface area contributed by atoms with Crippen LogP contribution in [-0.2, 0) is 9.59 Å². The van der Waals surface area contributed by atoms with Crippen LogP contribution in [-0.4, -0.2) is 23.3 Å². The van der Waals surface area contributed by atoms with Crippen LogP contribution in [0.25, 0.3) is 0 Å². The number of nitrogens with zero attached hydrogens (tertiary/aromatic N) is 1. The summed E-state index contributed by atoms with van der Waals surface area (Å²) in [7, 11) is 0. The van der Waals surface area contributed by atoms with E-state index in [0.717, 1.165) is 17.8 Å². The van der Waals surface area contributed by atoms with Gasteiger partial charge >= 0.3 is 0 Å². The van der Waals surface area contributed by atoms with Gasteiger partial charge in [-0.1, -0.05) is 11.8 Å². The first-order chi connectivity index (χ1) is 9.40. The molecule has 1 heterocycles. The van der Waals surface area contributed by atoms with Gasteiger partial charge in [0.25, 0.3) is 0 Å². The predicted molar refractivity (Wildman–Crippen MR) is 77.7 cm³/mol. The molecule has 1 fully saturated rings. The molecular formula is C13H12BrF2NO2S. The van der Waals surface area contributed by atoms with Crippen LogP contribution in [0.2, 0.25) is 0 Å². The molecule has 0 N–H and O–H groups in total. The minimum Gasteiger partial charge on any atom is -0.309 e. The lowest BCUT2D eigenvalue weighted by Crippen LogP contribution is -2.26. The van der Waals surface area contributed by atoms with E-state index >= 15 is 0 Å². The Bertz CT molecular complexity index is 568. The summed E-state index contributed by atoms with van der Waals surface area (Å²) in [5.74, 6) is -1.17. The number of anilines is 1. The van der Waals surface area contributed by atoms with Crippen molar-refractivity contribution in [3.63, 3.8) is 0 Å². The second-order valence-electron chi connectivity index (χ2n) is 4.57. The van der Waals surface area contributed by atoms with Gasteiger partial charge in [-0.15, -0.1) is 0 Å². The summed E-state index contributed by atoms with van der Waals surface area (Å²) in [6.07, 6.45) is 0.273. The SMILES string of the molecule is CC(=O)SCC1CC(=O)N(c2ccc(F)c(Br)c2F)C1. The van der Waals surface area contributed by atoms with Gasteiger partial charge in [0.05, 0.1) is 10.2 Å². The maximum atomic E-state index is 14.0. The van der Waals surface area contributed by atoms with Crippen LogP contribution in [0, 0.1) is 17.6 Å². The Morgan fingerprint density at radius 2 is 2.20 bits per heavy atom. The number of amides is 1. The van der Waals surface area contributed by atoms with Crippen LogP contribution in [0.4, 0.5) is 14.5 Å². The number of halogens is 3. The molecule has 0 spiro atoms. The van der Waals surface area contributed by atoms with Gasteiger partial charge in [0.15, 0.2) is 10.9 Å².